The summed E-state index contributed by atoms with van der Waals surface area (Å²) in [4.78, 5) is 12.3. The topological polar surface area (TPSA) is 42.6 Å². The molecule has 0 spiro atoms. The van der Waals surface area contributed by atoms with Crippen LogP contribution >= 0.6 is 11.8 Å². The molecular formula is C24H26N4OS. The van der Waals surface area contributed by atoms with Gasteiger partial charge in [-0.3, -0.25) is 9.98 Å². The van der Waals surface area contributed by atoms with E-state index in [2.05, 4.69) is 64.0 Å². The number of amidine groups is 1. The summed E-state index contributed by atoms with van der Waals surface area (Å²) in [5.74, 6) is 2.00. The second kappa shape index (κ2) is 8.19. The highest BCUT2D eigenvalue weighted by Crippen LogP contribution is 2.48. The molecule has 4 heterocycles. The van der Waals surface area contributed by atoms with Gasteiger partial charge in [-0.05, 0) is 61.9 Å². The van der Waals surface area contributed by atoms with Crippen LogP contribution in [0.1, 0.15) is 43.7 Å². The zero-order chi connectivity index (χ0) is 20.5. The number of fused-ring (bicyclic) bond motifs is 1. The number of aliphatic imine (C=N–C) groups is 1. The lowest BCUT2D eigenvalue weighted by molar-refractivity contribution is 0.249. The van der Waals surface area contributed by atoms with Gasteiger partial charge in [-0.1, -0.05) is 24.8 Å². The first-order chi connectivity index (χ1) is 14.8. The molecule has 0 saturated carbocycles. The highest BCUT2D eigenvalue weighted by molar-refractivity contribution is 8.14. The lowest BCUT2D eigenvalue weighted by Gasteiger charge is -2.32. The molecule has 0 amide bonds. The van der Waals surface area contributed by atoms with E-state index in [-0.39, 0.29) is 12.1 Å². The van der Waals surface area contributed by atoms with Crippen molar-refractivity contribution in [3.05, 3.63) is 78.4 Å². The lowest BCUT2D eigenvalue weighted by atomic mass is 9.99. The van der Waals surface area contributed by atoms with Crippen molar-refractivity contribution in [2.45, 2.75) is 38.4 Å². The minimum atomic E-state index is -0.000557. The largest absolute Gasteiger partial charge is 0.494 e. The number of pyridine rings is 1. The van der Waals surface area contributed by atoms with Crippen LogP contribution in [0.15, 0.2) is 72.0 Å². The molecule has 3 atom stereocenters. The molecule has 5 nitrogen and oxygen atoms in total. The number of thioether (sulfide) groups is 1. The molecule has 2 aliphatic heterocycles. The summed E-state index contributed by atoms with van der Waals surface area (Å²) in [6.45, 7) is 4.95. The molecule has 0 bridgehead atoms. The number of aromatic nitrogens is 2. The fourth-order valence-electron chi connectivity index (χ4n) is 4.41. The number of ether oxygens (including phenoxy) is 1. The predicted octanol–water partition coefficient (Wildman–Crippen LogP) is 5.25. The van der Waals surface area contributed by atoms with E-state index in [0.29, 0.717) is 12.6 Å². The van der Waals surface area contributed by atoms with Gasteiger partial charge >= 0.3 is 0 Å². The van der Waals surface area contributed by atoms with Crippen LogP contribution in [0.25, 0.3) is 5.69 Å². The van der Waals surface area contributed by atoms with Crippen molar-refractivity contribution in [1.82, 2.24) is 14.5 Å². The summed E-state index contributed by atoms with van der Waals surface area (Å²) < 4.78 is 7.90. The molecule has 0 aliphatic carbocycles. The number of rotatable bonds is 6. The van der Waals surface area contributed by atoms with Crippen LogP contribution < -0.4 is 4.74 Å². The molecule has 3 aromatic rings. The molecule has 0 radical (unpaired) electrons. The summed E-state index contributed by atoms with van der Waals surface area (Å²) in [6.07, 6.45) is 5.12. The Labute approximate surface area is 181 Å². The third kappa shape index (κ3) is 3.29. The van der Waals surface area contributed by atoms with E-state index in [9.17, 15) is 0 Å². The van der Waals surface area contributed by atoms with Crippen LogP contribution in [0.3, 0.4) is 0 Å². The third-order valence-electron chi connectivity index (χ3n) is 5.84. The van der Waals surface area contributed by atoms with Crippen molar-refractivity contribution >= 4 is 16.9 Å². The number of hydrogen-bond acceptors (Lipinski definition) is 5. The summed E-state index contributed by atoms with van der Waals surface area (Å²) >= 11 is 1.88. The molecular weight excluding hydrogens is 392 g/mol. The van der Waals surface area contributed by atoms with Crippen LogP contribution in [0.2, 0.25) is 0 Å². The molecule has 2 aromatic heterocycles. The fourth-order valence-corrected chi connectivity index (χ4v) is 5.75. The first kappa shape index (κ1) is 19.2. The van der Waals surface area contributed by atoms with Crippen LogP contribution in [0.5, 0.6) is 5.75 Å². The molecule has 154 valence electrons. The molecule has 1 saturated heterocycles. The minimum Gasteiger partial charge on any atom is -0.494 e. The zero-order valence-electron chi connectivity index (χ0n) is 17.3. The monoisotopic (exact) mass is 418 g/mol. The van der Waals surface area contributed by atoms with E-state index < -0.39 is 0 Å². The van der Waals surface area contributed by atoms with Gasteiger partial charge in [-0.15, -0.1) is 0 Å². The Bertz CT molecular complexity index is 1030. The lowest BCUT2D eigenvalue weighted by Crippen LogP contribution is -2.36. The summed E-state index contributed by atoms with van der Waals surface area (Å²) in [5, 5.41) is 1.15. The highest BCUT2D eigenvalue weighted by atomic mass is 32.2. The zero-order valence-corrected chi connectivity index (χ0v) is 18.1. The maximum atomic E-state index is 5.62. The Morgan fingerprint density at radius 3 is 2.67 bits per heavy atom. The second-order valence-corrected chi connectivity index (χ2v) is 8.55. The SMILES string of the molecule is CCOc1ccc(-n2cccc2[C@@H]2[C@H](c3ccccn3)N=C3SC[C@@H](CC)N32)cc1. The Hall–Kier alpha value is -2.73. The average Bonchev–Trinajstić information content (AvgIpc) is 3.50. The average molecular weight is 419 g/mol. The van der Waals surface area contributed by atoms with Gasteiger partial charge in [0.25, 0.3) is 0 Å². The molecule has 6 heteroatoms. The molecule has 5 rings (SSSR count). The van der Waals surface area contributed by atoms with Crippen LogP contribution in [-0.4, -0.2) is 38.0 Å². The van der Waals surface area contributed by atoms with Crippen molar-refractivity contribution in [3.8, 4) is 11.4 Å². The van der Waals surface area contributed by atoms with Crippen molar-refractivity contribution in [2.24, 2.45) is 4.99 Å². The summed E-state index contributed by atoms with van der Waals surface area (Å²) in [5.41, 5.74) is 3.40. The van der Waals surface area contributed by atoms with Gasteiger partial charge in [-0.25, -0.2) is 0 Å². The van der Waals surface area contributed by atoms with Gasteiger partial charge < -0.3 is 14.2 Å². The predicted molar refractivity (Wildman–Crippen MR) is 122 cm³/mol. The number of nitrogens with zero attached hydrogens (tertiary/aromatic N) is 4. The van der Waals surface area contributed by atoms with E-state index in [4.69, 9.17) is 9.73 Å². The maximum absolute atomic E-state index is 5.62. The molecule has 0 unspecified atom stereocenters. The standard InChI is InChI=1S/C24H26N4OS/c1-3-17-16-30-24-26-22(20-8-5-6-14-25-20)23(28(17)24)21-9-7-15-27(21)18-10-12-19(13-11-18)29-4-2/h5-15,17,22-23H,3-4,16H2,1-2H3/t17-,22+,23-/m1/s1. The molecule has 0 N–H and O–H groups in total. The van der Waals surface area contributed by atoms with Gasteiger partial charge in [-0.2, -0.15) is 0 Å². The smallest absolute Gasteiger partial charge is 0.160 e. The van der Waals surface area contributed by atoms with E-state index in [1.165, 1.54) is 5.69 Å². The van der Waals surface area contributed by atoms with Crippen molar-refractivity contribution in [2.75, 3.05) is 12.4 Å². The number of hydrogen-bond donors (Lipinski definition) is 0. The number of benzene rings is 1. The normalized spacial score (nSPS) is 22.8. The van der Waals surface area contributed by atoms with Crippen LogP contribution in [0.4, 0.5) is 0 Å². The Morgan fingerprint density at radius 2 is 1.93 bits per heavy atom. The van der Waals surface area contributed by atoms with Crippen molar-refractivity contribution in [3.63, 3.8) is 0 Å². The summed E-state index contributed by atoms with van der Waals surface area (Å²) in [7, 11) is 0. The Morgan fingerprint density at radius 1 is 1.07 bits per heavy atom. The summed E-state index contributed by atoms with van der Waals surface area (Å²) in [6, 6.07) is 19.4. The first-order valence-electron chi connectivity index (χ1n) is 10.6. The second-order valence-electron chi connectivity index (χ2n) is 7.57. The highest BCUT2D eigenvalue weighted by Gasteiger charge is 2.46. The minimum absolute atomic E-state index is 0.000557. The van der Waals surface area contributed by atoms with Gasteiger partial charge in [0.15, 0.2) is 5.17 Å². The van der Waals surface area contributed by atoms with Gasteiger partial charge in [0, 0.05) is 35.6 Å². The van der Waals surface area contributed by atoms with Crippen molar-refractivity contribution < 1.29 is 4.74 Å². The Kier molecular flexibility index (Phi) is 5.25. The first-order valence-corrected chi connectivity index (χ1v) is 11.6. The quantitative estimate of drug-likeness (QED) is 0.548. The molecule has 2 aliphatic rings. The van der Waals surface area contributed by atoms with E-state index in [1.54, 1.807) is 0 Å². The van der Waals surface area contributed by atoms with Gasteiger partial charge in [0.2, 0.25) is 0 Å². The Balaban J connectivity index is 1.57. The fraction of sp³-hybridized carbons (Fsp3) is 0.333. The molecule has 1 fully saturated rings. The van der Waals surface area contributed by atoms with Gasteiger partial charge in [0.1, 0.15) is 17.8 Å². The molecule has 30 heavy (non-hydrogen) atoms. The van der Waals surface area contributed by atoms with Gasteiger partial charge in [0.05, 0.1) is 12.3 Å². The molecule has 1 aromatic carbocycles. The van der Waals surface area contributed by atoms with E-state index in [0.717, 1.165) is 34.5 Å². The van der Waals surface area contributed by atoms with Crippen LogP contribution in [-0.2, 0) is 0 Å². The van der Waals surface area contributed by atoms with Crippen LogP contribution in [0, 0.1) is 0 Å². The van der Waals surface area contributed by atoms with E-state index >= 15 is 0 Å². The van der Waals surface area contributed by atoms with E-state index in [1.807, 2.05) is 43.1 Å². The van der Waals surface area contributed by atoms with Crippen molar-refractivity contribution in [1.29, 1.82) is 0 Å². The third-order valence-corrected chi connectivity index (χ3v) is 6.96. The maximum Gasteiger partial charge on any atom is 0.160 e.